The van der Waals surface area contributed by atoms with Crippen molar-refractivity contribution in [1.29, 1.82) is 0 Å². The van der Waals surface area contributed by atoms with Crippen LogP contribution in [-0.2, 0) is 6.54 Å². The van der Waals surface area contributed by atoms with Gasteiger partial charge in [-0.15, -0.1) is 0 Å². The second-order valence-corrected chi connectivity index (χ2v) is 7.17. The van der Waals surface area contributed by atoms with Crippen molar-refractivity contribution >= 4 is 11.7 Å². The summed E-state index contributed by atoms with van der Waals surface area (Å²) in [6, 6.07) is 8.00. The molecule has 10 heteroatoms. The molecule has 0 saturated carbocycles. The second-order valence-electron chi connectivity index (χ2n) is 7.17. The highest BCUT2D eigenvalue weighted by Crippen LogP contribution is 2.43. The first-order valence-corrected chi connectivity index (χ1v) is 9.63. The van der Waals surface area contributed by atoms with Crippen LogP contribution in [0.1, 0.15) is 41.0 Å². The van der Waals surface area contributed by atoms with Gasteiger partial charge in [0.15, 0.2) is 11.7 Å². The first kappa shape index (κ1) is 20.0. The standard InChI is InChI=1S/C20H21F3N6O/c21-20(22,23)17-11-15(14-5-2-1-3-6-14)26-18-12-16(27-29(17)18)19(30)25-7-4-9-28-10-8-24-13-28/h1-3,5-6,8,10,12-13,15,17,26H,4,7,9,11H2,(H,25,30)/t15-,17-/m0/s1. The Morgan fingerprint density at radius 3 is 2.77 bits per heavy atom. The monoisotopic (exact) mass is 418 g/mol. The number of benzene rings is 1. The number of carbonyl (C=O) groups is 1. The molecule has 158 valence electrons. The van der Waals surface area contributed by atoms with Crippen molar-refractivity contribution in [2.24, 2.45) is 0 Å². The summed E-state index contributed by atoms with van der Waals surface area (Å²) in [6.45, 7) is 1.05. The predicted molar refractivity (Wildman–Crippen MR) is 104 cm³/mol. The molecule has 4 rings (SSSR count). The Kier molecular flexibility index (Phi) is 5.47. The lowest BCUT2D eigenvalue weighted by Crippen LogP contribution is -2.35. The van der Waals surface area contributed by atoms with Gasteiger partial charge in [0.05, 0.1) is 12.4 Å². The molecule has 3 aromatic rings. The number of imidazole rings is 1. The van der Waals surface area contributed by atoms with Gasteiger partial charge in [-0.25, -0.2) is 9.67 Å². The van der Waals surface area contributed by atoms with Gasteiger partial charge in [0.2, 0.25) is 0 Å². The summed E-state index contributed by atoms with van der Waals surface area (Å²) in [6.07, 6.45) is 1.15. The average molecular weight is 418 g/mol. The van der Waals surface area contributed by atoms with E-state index in [9.17, 15) is 18.0 Å². The zero-order valence-electron chi connectivity index (χ0n) is 16.0. The summed E-state index contributed by atoms with van der Waals surface area (Å²) < 4.78 is 43.9. The molecule has 30 heavy (non-hydrogen) atoms. The van der Waals surface area contributed by atoms with E-state index in [-0.39, 0.29) is 17.9 Å². The van der Waals surface area contributed by atoms with E-state index in [1.807, 2.05) is 16.8 Å². The molecule has 0 bridgehead atoms. The van der Waals surface area contributed by atoms with E-state index in [0.29, 0.717) is 19.5 Å². The van der Waals surface area contributed by atoms with Gasteiger partial charge in [-0.3, -0.25) is 4.79 Å². The molecule has 2 atom stereocenters. The fourth-order valence-corrected chi connectivity index (χ4v) is 3.56. The number of carbonyl (C=O) groups excluding carboxylic acids is 1. The summed E-state index contributed by atoms with van der Waals surface area (Å²) in [5.74, 6) is -0.317. The van der Waals surface area contributed by atoms with Crippen molar-refractivity contribution in [1.82, 2.24) is 24.6 Å². The molecule has 0 saturated heterocycles. The number of halogens is 3. The predicted octanol–water partition coefficient (Wildman–Crippen LogP) is 3.56. The fraction of sp³-hybridized carbons (Fsp3) is 0.350. The highest BCUT2D eigenvalue weighted by atomic mass is 19.4. The largest absolute Gasteiger partial charge is 0.410 e. The summed E-state index contributed by atoms with van der Waals surface area (Å²) in [5, 5.41) is 9.76. The van der Waals surface area contributed by atoms with Gasteiger partial charge in [0, 0.05) is 38.0 Å². The second kappa shape index (κ2) is 8.21. The summed E-state index contributed by atoms with van der Waals surface area (Å²) >= 11 is 0. The number of hydrogen-bond donors (Lipinski definition) is 2. The van der Waals surface area contributed by atoms with Crippen LogP contribution in [-0.4, -0.2) is 38.0 Å². The minimum absolute atomic E-state index is 0.0388. The normalized spacial score (nSPS) is 18.5. The third-order valence-corrected chi connectivity index (χ3v) is 5.06. The highest BCUT2D eigenvalue weighted by Gasteiger charge is 2.46. The lowest BCUT2D eigenvalue weighted by molar-refractivity contribution is -0.173. The number of nitrogens with zero attached hydrogens (tertiary/aromatic N) is 4. The quantitative estimate of drug-likeness (QED) is 0.600. The smallest absolute Gasteiger partial charge is 0.363 e. The Bertz CT molecular complexity index is 984. The molecular formula is C20H21F3N6O. The van der Waals surface area contributed by atoms with Crippen LogP contribution in [0, 0.1) is 0 Å². The van der Waals surface area contributed by atoms with Crippen LogP contribution in [0.3, 0.4) is 0 Å². The number of fused-ring (bicyclic) bond motifs is 1. The maximum atomic E-state index is 13.7. The Morgan fingerprint density at radius 1 is 1.27 bits per heavy atom. The molecule has 2 N–H and O–H groups in total. The van der Waals surface area contributed by atoms with Gasteiger partial charge < -0.3 is 15.2 Å². The van der Waals surface area contributed by atoms with Gasteiger partial charge in [0.25, 0.3) is 5.91 Å². The Balaban J connectivity index is 1.47. The number of hydrogen-bond acceptors (Lipinski definition) is 4. The highest BCUT2D eigenvalue weighted by molar-refractivity contribution is 5.93. The zero-order valence-corrected chi connectivity index (χ0v) is 16.0. The van der Waals surface area contributed by atoms with Crippen molar-refractivity contribution in [2.75, 3.05) is 11.9 Å². The third-order valence-electron chi connectivity index (χ3n) is 5.06. The van der Waals surface area contributed by atoms with Crippen LogP contribution < -0.4 is 10.6 Å². The minimum Gasteiger partial charge on any atom is -0.363 e. The molecule has 0 aliphatic carbocycles. The first-order chi connectivity index (χ1) is 14.4. The maximum absolute atomic E-state index is 13.7. The van der Waals surface area contributed by atoms with Crippen LogP contribution >= 0.6 is 0 Å². The van der Waals surface area contributed by atoms with Gasteiger partial charge in [-0.05, 0) is 12.0 Å². The number of aromatic nitrogens is 4. The molecule has 2 aromatic heterocycles. The van der Waals surface area contributed by atoms with E-state index in [2.05, 4.69) is 20.7 Å². The average Bonchev–Trinajstić information content (AvgIpc) is 3.39. The maximum Gasteiger partial charge on any atom is 0.410 e. The zero-order chi connectivity index (χ0) is 21.1. The number of alkyl halides is 3. The minimum atomic E-state index is -4.48. The lowest BCUT2D eigenvalue weighted by Gasteiger charge is -2.33. The molecule has 1 aromatic carbocycles. The topological polar surface area (TPSA) is 76.8 Å². The van der Waals surface area contributed by atoms with Gasteiger partial charge in [-0.1, -0.05) is 30.3 Å². The van der Waals surface area contributed by atoms with Crippen LogP contribution in [0.4, 0.5) is 19.0 Å². The van der Waals surface area contributed by atoms with Crippen LogP contribution in [0.2, 0.25) is 0 Å². The molecule has 0 fully saturated rings. The molecule has 0 radical (unpaired) electrons. The number of rotatable bonds is 6. The van der Waals surface area contributed by atoms with Crippen LogP contribution in [0.25, 0.3) is 0 Å². The van der Waals surface area contributed by atoms with Crippen molar-refractivity contribution in [3.8, 4) is 0 Å². The Hall–Kier alpha value is -3.30. The number of anilines is 1. The van der Waals surface area contributed by atoms with Gasteiger partial charge in [0.1, 0.15) is 5.82 Å². The summed E-state index contributed by atoms with van der Waals surface area (Å²) in [4.78, 5) is 16.4. The molecule has 7 nitrogen and oxygen atoms in total. The number of aryl methyl sites for hydroxylation is 1. The third kappa shape index (κ3) is 4.32. The summed E-state index contributed by atoms with van der Waals surface area (Å²) in [7, 11) is 0. The van der Waals surface area contributed by atoms with E-state index in [4.69, 9.17) is 0 Å². The molecule has 1 aliphatic heterocycles. The molecule has 1 amide bonds. The van der Waals surface area contributed by atoms with Crippen LogP contribution in [0.15, 0.2) is 55.1 Å². The summed E-state index contributed by atoms with van der Waals surface area (Å²) in [5.41, 5.74) is 0.716. The molecule has 1 aliphatic rings. The molecule has 0 spiro atoms. The van der Waals surface area contributed by atoms with Gasteiger partial charge >= 0.3 is 6.18 Å². The van der Waals surface area contributed by atoms with E-state index in [0.717, 1.165) is 10.2 Å². The van der Waals surface area contributed by atoms with Crippen molar-refractivity contribution in [3.63, 3.8) is 0 Å². The Labute approximate surface area is 170 Å². The van der Waals surface area contributed by atoms with Crippen molar-refractivity contribution in [3.05, 3.63) is 66.4 Å². The van der Waals surface area contributed by atoms with Crippen LogP contribution in [0.5, 0.6) is 0 Å². The SMILES string of the molecule is O=C(NCCCn1ccnc1)c1cc2n(n1)[C@H](C(F)(F)F)C[C@@H](c1ccccc1)N2. The number of nitrogens with one attached hydrogen (secondary N) is 2. The molecule has 0 unspecified atom stereocenters. The van der Waals surface area contributed by atoms with E-state index < -0.39 is 24.2 Å². The molecule has 3 heterocycles. The van der Waals surface area contributed by atoms with E-state index in [1.54, 1.807) is 36.8 Å². The van der Waals surface area contributed by atoms with E-state index in [1.165, 1.54) is 6.07 Å². The van der Waals surface area contributed by atoms with E-state index >= 15 is 0 Å². The van der Waals surface area contributed by atoms with Gasteiger partial charge in [-0.2, -0.15) is 18.3 Å². The lowest BCUT2D eigenvalue weighted by atomic mass is 9.97. The van der Waals surface area contributed by atoms with Crippen molar-refractivity contribution < 1.29 is 18.0 Å². The first-order valence-electron chi connectivity index (χ1n) is 9.63. The Morgan fingerprint density at radius 2 is 2.07 bits per heavy atom. The molecular weight excluding hydrogens is 397 g/mol. The fourth-order valence-electron chi connectivity index (χ4n) is 3.56. The van der Waals surface area contributed by atoms with Crippen molar-refractivity contribution in [2.45, 2.75) is 37.6 Å². The number of amides is 1.